The molecule has 1 aromatic carbocycles. The third-order valence-electron chi connectivity index (χ3n) is 6.47. The molecule has 1 spiro atoms. The average Bonchev–Trinajstić information content (AvgIpc) is 3.20. The van der Waals surface area contributed by atoms with Crippen molar-refractivity contribution in [1.82, 2.24) is 19.7 Å². The third kappa shape index (κ3) is 3.40. The lowest BCUT2D eigenvalue weighted by atomic mass is 9.62. The normalized spacial score (nSPS) is 21.0. The molecule has 1 aromatic heterocycles. The molecule has 2 heterocycles. The number of hydrogen-bond acceptors (Lipinski definition) is 3. The van der Waals surface area contributed by atoms with Gasteiger partial charge in [-0.15, -0.1) is 10.2 Å². The molecule has 5 heteroatoms. The van der Waals surface area contributed by atoms with Crippen LogP contribution < -0.4 is 0 Å². The van der Waals surface area contributed by atoms with E-state index in [1.807, 2.05) is 18.5 Å². The van der Waals surface area contributed by atoms with E-state index in [9.17, 15) is 4.79 Å². The van der Waals surface area contributed by atoms with Gasteiger partial charge in [-0.3, -0.25) is 4.79 Å². The molecule has 1 aliphatic heterocycles. The first-order valence-electron chi connectivity index (χ1n) is 10.2. The highest BCUT2D eigenvalue weighted by Gasteiger charge is 2.53. The molecule has 1 atom stereocenters. The van der Waals surface area contributed by atoms with Crippen LogP contribution in [0.15, 0.2) is 30.6 Å². The highest BCUT2D eigenvalue weighted by molar-refractivity contribution is 5.79. The highest BCUT2D eigenvalue weighted by Crippen LogP contribution is 2.55. The molecular weight excluding hydrogens is 336 g/mol. The van der Waals surface area contributed by atoms with Gasteiger partial charge in [-0.1, -0.05) is 44.5 Å². The summed E-state index contributed by atoms with van der Waals surface area (Å²) >= 11 is 0. The van der Waals surface area contributed by atoms with Gasteiger partial charge in [0.25, 0.3) is 0 Å². The Bertz CT molecular complexity index is 821. The minimum absolute atomic E-state index is 0.211. The smallest absolute Gasteiger partial charge is 0.227 e. The van der Waals surface area contributed by atoms with E-state index in [1.165, 1.54) is 24.8 Å². The number of likely N-dealkylation sites (tertiary alicyclic amines) is 1. The molecule has 1 saturated carbocycles. The summed E-state index contributed by atoms with van der Waals surface area (Å²) in [7, 11) is 0. The standard InChI is InChI=1S/C22H30N4O/c1-16(2)12-26-15-23-24-21(26)19-13-25(14-22(19)9-6-10-22)20(27)11-18-8-5-4-7-17(18)3/h4-5,7-8,15-16,19H,6,9-14H2,1-3H3. The van der Waals surface area contributed by atoms with Crippen molar-refractivity contribution < 1.29 is 4.79 Å². The van der Waals surface area contributed by atoms with Crippen molar-refractivity contribution in [2.75, 3.05) is 13.1 Å². The van der Waals surface area contributed by atoms with Crippen LogP contribution in [0.2, 0.25) is 0 Å². The van der Waals surface area contributed by atoms with Gasteiger partial charge >= 0.3 is 0 Å². The first-order valence-corrected chi connectivity index (χ1v) is 10.2. The molecule has 1 aliphatic carbocycles. The van der Waals surface area contributed by atoms with Crippen LogP contribution >= 0.6 is 0 Å². The van der Waals surface area contributed by atoms with Crippen LogP contribution in [-0.4, -0.2) is 38.7 Å². The van der Waals surface area contributed by atoms with Gasteiger partial charge in [0.15, 0.2) is 0 Å². The van der Waals surface area contributed by atoms with Gasteiger partial charge in [0.1, 0.15) is 12.2 Å². The van der Waals surface area contributed by atoms with Crippen LogP contribution in [0.25, 0.3) is 0 Å². The molecule has 2 aromatic rings. The number of aryl methyl sites for hydroxylation is 1. The molecule has 2 fully saturated rings. The van der Waals surface area contributed by atoms with Crippen LogP contribution in [-0.2, 0) is 17.8 Å². The lowest BCUT2D eigenvalue weighted by molar-refractivity contribution is -0.130. The fourth-order valence-corrected chi connectivity index (χ4v) is 4.80. The zero-order valence-corrected chi connectivity index (χ0v) is 16.7. The molecule has 27 heavy (non-hydrogen) atoms. The SMILES string of the molecule is Cc1ccccc1CC(=O)N1CC(c2nncn2CC(C)C)C2(CCC2)C1. The molecule has 2 aliphatic rings. The Hall–Kier alpha value is -2.17. The minimum Gasteiger partial charge on any atom is -0.341 e. The maximum absolute atomic E-state index is 13.1. The van der Waals surface area contributed by atoms with E-state index in [-0.39, 0.29) is 11.3 Å². The third-order valence-corrected chi connectivity index (χ3v) is 6.47. The first kappa shape index (κ1) is 18.2. The molecule has 1 unspecified atom stereocenters. The number of carbonyl (C=O) groups is 1. The number of hydrogen-bond donors (Lipinski definition) is 0. The van der Waals surface area contributed by atoms with Gasteiger partial charge in [0.2, 0.25) is 5.91 Å². The van der Waals surface area contributed by atoms with Crippen molar-refractivity contribution in [2.45, 2.75) is 58.9 Å². The number of aromatic nitrogens is 3. The molecule has 5 nitrogen and oxygen atoms in total. The largest absolute Gasteiger partial charge is 0.341 e. The zero-order chi connectivity index (χ0) is 19.0. The molecule has 4 rings (SSSR count). The van der Waals surface area contributed by atoms with E-state index < -0.39 is 0 Å². The van der Waals surface area contributed by atoms with Crippen molar-refractivity contribution in [3.8, 4) is 0 Å². The summed E-state index contributed by atoms with van der Waals surface area (Å²) in [6, 6.07) is 8.20. The summed E-state index contributed by atoms with van der Waals surface area (Å²) in [5.41, 5.74) is 2.54. The number of benzene rings is 1. The van der Waals surface area contributed by atoms with E-state index >= 15 is 0 Å². The minimum atomic E-state index is 0.211. The monoisotopic (exact) mass is 366 g/mol. The number of nitrogens with zero attached hydrogens (tertiary/aromatic N) is 4. The molecule has 0 radical (unpaired) electrons. The number of rotatable bonds is 5. The summed E-state index contributed by atoms with van der Waals surface area (Å²) < 4.78 is 2.21. The zero-order valence-electron chi connectivity index (χ0n) is 16.7. The average molecular weight is 367 g/mol. The Morgan fingerprint density at radius 3 is 2.74 bits per heavy atom. The van der Waals surface area contributed by atoms with Crippen LogP contribution in [0.4, 0.5) is 0 Å². The maximum Gasteiger partial charge on any atom is 0.227 e. The van der Waals surface area contributed by atoms with Crippen LogP contribution in [0.5, 0.6) is 0 Å². The van der Waals surface area contributed by atoms with Gasteiger partial charge in [-0.25, -0.2) is 0 Å². The molecule has 0 N–H and O–H groups in total. The van der Waals surface area contributed by atoms with Crippen LogP contribution in [0.1, 0.15) is 56.0 Å². The van der Waals surface area contributed by atoms with Crippen molar-refractivity contribution in [3.63, 3.8) is 0 Å². The summed E-state index contributed by atoms with van der Waals surface area (Å²) in [4.78, 5) is 15.1. The molecule has 1 saturated heterocycles. The lowest BCUT2D eigenvalue weighted by Gasteiger charge is -2.42. The van der Waals surface area contributed by atoms with Crippen molar-refractivity contribution in [1.29, 1.82) is 0 Å². The van der Waals surface area contributed by atoms with Gasteiger partial charge in [-0.05, 0) is 42.2 Å². The molecule has 144 valence electrons. The fraction of sp³-hybridized carbons (Fsp3) is 0.591. The Kier molecular flexibility index (Phi) is 4.79. The second-order valence-electron chi connectivity index (χ2n) is 8.88. The summed E-state index contributed by atoms with van der Waals surface area (Å²) in [6.45, 7) is 9.10. The number of carbonyl (C=O) groups excluding carboxylic acids is 1. The molecule has 0 bridgehead atoms. The van der Waals surface area contributed by atoms with E-state index in [2.05, 4.69) is 52.6 Å². The van der Waals surface area contributed by atoms with E-state index in [4.69, 9.17) is 0 Å². The van der Waals surface area contributed by atoms with E-state index in [0.717, 1.165) is 31.0 Å². The van der Waals surface area contributed by atoms with Gasteiger partial charge in [-0.2, -0.15) is 0 Å². The van der Waals surface area contributed by atoms with Crippen LogP contribution in [0, 0.1) is 18.3 Å². The Morgan fingerprint density at radius 1 is 1.30 bits per heavy atom. The van der Waals surface area contributed by atoms with Crippen molar-refractivity contribution in [3.05, 3.63) is 47.5 Å². The van der Waals surface area contributed by atoms with Crippen molar-refractivity contribution in [2.24, 2.45) is 11.3 Å². The quantitative estimate of drug-likeness (QED) is 0.813. The second-order valence-corrected chi connectivity index (χ2v) is 8.88. The van der Waals surface area contributed by atoms with E-state index in [0.29, 0.717) is 18.3 Å². The van der Waals surface area contributed by atoms with Gasteiger partial charge in [0, 0.05) is 25.6 Å². The molecule has 1 amide bonds. The van der Waals surface area contributed by atoms with Crippen molar-refractivity contribution >= 4 is 5.91 Å². The summed E-state index contributed by atoms with van der Waals surface area (Å²) in [5.74, 6) is 2.19. The number of amides is 1. The Balaban J connectivity index is 1.54. The lowest BCUT2D eigenvalue weighted by Crippen LogP contribution is -2.38. The predicted octanol–water partition coefficient (Wildman–Crippen LogP) is 3.58. The van der Waals surface area contributed by atoms with Crippen LogP contribution in [0.3, 0.4) is 0 Å². The van der Waals surface area contributed by atoms with E-state index in [1.54, 1.807) is 0 Å². The van der Waals surface area contributed by atoms with Gasteiger partial charge in [0.05, 0.1) is 6.42 Å². The summed E-state index contributed by atoms with van der Waals surface area (Å²) in [6.07, 6.45) is 6.00. The molecular formula is C22H30N4O. The summed E-state index contributed by atoms with van der Waals surface area (Å²) in [5, 5.41) is 8.70. The van der Waals surface area contributed by atoms with Gasteiger partial charge < -0.3 is 9.47 Å². The topological polar surface area (TPSA) is 51.0 Å². The fourth-order valence-electron chi connectivity index (χ4n) is 4.80. The first-order chi connectivity index (χ1) is 13.0. The predicted molar refractivity (Wildman–Crippen MR) is 105 cm³/mol. The Labute approximate surface area is 161 Å². The highest BCUT2D eigenvalue weighted by atomic mass is 16.2. The second kappa shape index (κ2) is 7.10. The Morgan fingerprint density at radius 2 is 2.07 bits per heavy atom. The maximum atomic E-state index is 13.1.